The van der Waals surface area contributed by atoms with Crippen LogP contribution in [0.25, 0.3) is 0 Å². The van der Waals surface area contributed by atoms with E-state index >= 15 is 0 Å². The first-order chi connectivity index (χ1) is 41.3. The molecule has 1 amide bonds. The number of carbonyl (C=O) groups is 1. The second-order valence-corrected chi connectivity index (χ2v) is 22.5. The minimum Gasteiger partial charge on any atom is -0.394 e. The van der Waals surface area contributed by atoms with Crippen molar-refractivity contribution < 1.29 is 39.8 Å². The van der Waals surface area contributed by atoms with E-state index in [2.05, 4.69) is 165 Å². The quantitative estimate of drug-likeness (QED) is 0.0261. The molecule has 1 aliphatic heterocycles. The van der Waals surface area contributed by atoms with Gasteiger partial charge in [0.05, 0.1) is 25.4 Å². The predicted molar refractivity (Wildman–Crippen MR) is 359 cm³/mol. The van der Waals surface area contributed by atoms with Crippen molar-refractivity contribution >= 4 is 5.91 Å². The summed E-state index contributed by atoms with van der Waals surface area (Å²) in [4.78, 5) is 13.1. The Hall–Kier alpha value is -4.19. The molecule has 7 atom stereocenters. The number of amides is 1. The van der Waals surface area contributed by atoms with Crippen LogP contribution in [0.3, 0.4) is 0 Å². The van der Waals surface area contributed by atoms with Crippen molar-refractivity contribution in [1.29, 1.82) is 0 Å². The first-order valence-electron chi connectivity index (χ1n) is 33.7. The lowest BCUT2D eigenvalue weighted by atomic mass is 9.99. The Morgan fingerprint density at radius 1 is 0.417 bits per heavy atom. The summed E-state index contributed by atoms with van der Waals surface area (Å²) in [6.45, 7) is 3.64. The molecule has 1 saturated heterocycles. The maximum atomic E-state index is 13.1. The van der Waals surface area contributed by atoms with Crippen molar-refractivity contribution in [2.45, 2.75) is 294 Å². The molecule has 0 spiro atoms. The van der Waals surface area contributed by atoms with E-state index in [-0.39, 0.29) is 12.5 Å². The van der Waals surface area contributed by atoms with Crippen molar-refractivity contribution in [3.05, 3.63) is 158 Å². The maximum Gasteiger partial charge on any atom is 0.220 e. The smallest absolute Gasteiger partial charge is 0.220 e. The van der Waals surface area contributed by atoms with Crippen molar-refractivity contribution in [1.82, 2.24) is 5.32 Å². The van der Waals surface area contributed by atoms with Crippen LogP contribution >= 0.6 is 0 Å². The molecule has 0 radical (unpaired) electrons. The molecule has 9 nitrogen and oxygen atoms in total. The van der Waals surface area contributed by atoms with Gasteiger partial charge in [0.1, 0.15) is 24.4 Å². The molecule has 6 N–H and O–H groups in total. The zero-order valence-corrected chi connectivity index (χ0v) is 53.1. The highest BCUT2D eigenvalue weighted by molar-refractivity contribution is 5.76. The fraction of sp³-hybridized carbons (Fsp3) is 0.640. The van der Waals surface area contributed by atoms with Crippen LogP contribution in [-0.4, -0.2) is 87.5 Å². The molecule has 0 bridgehead atoms. The summed E-state index contributed by atoms with van der Waals surface area (Å²) in [6.07, 6.45) is 90.4. The lowest BCUT2D eigenvalue weighted by Crippen LogP contribution is -2.60. The Labute approximate surface area is 514 Å². The molecule has 0 aromatic heterocycles. The van der Waals surface area contributed by atoms with Crippen molar-refractivity contribution in [3.8, 4) is 0 Å². The number of allylic oxidation sites excluding steroid dienone is 25. The van der Waals surface area contributed by atoms with E-state index in [0.717, 1.165) is 128 Å². The van der Waals surface area contributed by atoms with E-state index in [1.165, 1.54) is 103 Å². The van der Waals surface area contributed by atoms with E-state index in [1.807, 2.05) is 6.08 Å². The third kappa shape index (κ3) is 50.0. The molecule has 0 saturated carbocycles. The average Bonchev–Trinajstić information content (AvgIpc) is 3.70. The van der Waals surface area contributed by atoms with Crippen LogP contribution in [0, 0.1) is 0 Å². The number of carbonyl (C=O) groups excluding carboxylic acids is 1. The van der Waals surface area contributed by atoms with Gasteiger partial charge in [0.15, 0.2) is 6.29 Å². The number of nitrogens with one attached hydrogen (secondary N) is 1. The third-order valence-electron chi connectivity index (χ3n) is 14.8. The standard InChI is InChI=1S/C75H123NO8/c1-3-5-7-9-11-13-15-17-19-21-23-25-26-27-28-29-30-31-32-33-34-35-36-37-38-39-40-41-42-43-44-45-47-49-51-53-55-57-59-61-63-65-71(79)76-68(67-83-75-74(82)73(81)72(80)70(66-77)84-75)69(78)64-62-60-58-56-54-52-50-48-46-24-22-20-18-16-14-12-10-8-6-4-2/h5,7,11,13,17,19,23,25,27-28,30-31,33-34,36-37,39-40,42-43,46,48,54,56,62,64,68-70,72-75,77-78,80-82H,3-4,6,8-10,12,14-16,18,20-22,24,26,29,32,35,38,41,44-45,47,49-53,55,57-61,63,65-67H2,1-2H3,(H,76,79)/b7-5-,13-11-,19-17-,25-23-,28-27-,31-30-,34-33-,37-36-,40-39-,43-42-,48-46+,56-54+,64-62+. The maximum absolute atomic E-state index is 13.1. The predicted octanol–water partition coefficient (Wildman–Crippen LogP) is 18.4. The Balaban J connectivity index is 2.18. The number of aliphatic hydroxyl groups is 5. The molecule has 1 heterocycles. The van der Waals surface area contributed by atoms with Gasteiger partial charge >= 0.3 is 0 Å². The van der Waals surface area contributed by atoms with Gasteiger partial charge in [-0.2, -0.15) is 0 Å². The van der Waals surface area contributed by atoms with E-state index in [1.54, 1.807) is 6.08 Å². The Kier molecular flexibility index (Phi) is 57.3. The van der Waals surface area contributed by atoms with Gasteiger partial charge in [-0.15, -0.1) is 0 Å². The van der Waals surface area contributed by atoms with Crippen LogP contribution in [0.4, 0.5) is 0 Å². The zero-order valence-electron chi connectivity index (χ0n) is 53.1. The third-order valence-corrected chi connectivity index (χ3v) is 14.8. The number of rotatable bonds is 56. The second-order valence-electron chi connectivity index (χ2n) is 22.5. The van der Waals surface area contributed by atoms with Gasteiger partial charge in [0.25, 0.3) is 0 Å². The van der Waals surface area contributed by atoms with Gasteiger partial charge in [-0.05, 0) is 122 Å². The van der Waals surface area contributed by atoms with Crippen molar-refractivity contribution in [2.75, 3.05) is 13.2 Å². The van der Waals surface area contributed by atoms with Gasteiger partial charge in [-0.1, -0.05) is 281 Å². The number of hydrogen-bond acceptors (Lipinski definition) is 8. The van der Waals surface area contributed by atoms with Crippen LogP contribution < -0.4 is 5.32 Å². The molecule has 7 unspecified atom stereocenters. The molecule has 0 aliphatic carbocycles. The number of ether oxygens (including phenoxy) is 2. The van der Waals surface area contributed by atoms with Gasteiger partial charge in [0.2, 0.25) is 5.91 Å². The summed E-state index contributed by atoms with van der Waals surface area (Å²) in [7, 11) is 0. The molecule has 1 fully saturated rings. The van der Waals surface area contributed by atoms with Crippen LogP contribution in [0.1, 0.15) is 251 Å². The highest BCUT2D eigenvalue weighted by Gasteiger charge is 2.44. The minimum absolute atomic E-state index is 0.201. The molecular formula is C75H123NO8. The fourth-order valence-corrected chi connectivity index (χ4v) is 9.57. The highest BCUT2D eigenvalue weighted by Crippen LogP contribution is 2.23. The zero-order chi connectivity index (χ0) is 60.7. The Bertz CT molecular complexity index is 1880. The van der Waals surface area contributed by atoms with Crippen LogP contribution in [0.15, 0.2) is 158 Å². The lowest BCUT2D eigenvalue weighted by Gasteiger charge is -2.40. The minimum atomic E-state index is -1.58. The molecule has 0 aromatic rings. The fourth-order valence-electron chi connectivity index (χ4n) is 9.57. The molecule has 476 valence electrons. The summed E-state index contributed by atoms with van der Waals surface area (Å²) in [6, 6.07) is -0.842. The van der Waals surface area contributed by atoms with Gasteiger partial charge in [-0.25, -0.2) is 0 Å². The summed E-state index contributed by atoms with van der Waals surface area (Å²) in [5, 5.41) is 54.6. The molecule has 1 rings (SSSR count). The van der Waals surface area contributed by atoms with E-state index in [9.17, 15) is 30.3 Å². The number of aliphatic hydroxyl groups excluding tert-OH is 5. The highest BCUT2D eigenvalue weighted by atomic mass is 16.7. The first kappa shape index (κ1) is 77.8. The second kappa shape index (κ2) is 61.9. The van der Waals surface area contributed by atoms with Gasteiger partial charge in [0, 0.05) is 6.42 Å². The summed E-state index contributed by atoms with van der Waals surface area (Å²) in [5.74, 6) is -0.201. The monoisotopic (exact) mass is 1170 g/mol. The molecular weight excluding hydrogens is 1040 g/mol. The van der Waals surface area contributed by atoms with E-state index in [0.29, 0.717) is 6.42 Å². The largest absolute Gasteiger partial charge is 0.394 e. The molecule has 9 heteroatoms. The van der Waals surface area contributed by atoms with Crippen LogP contribution in [0.5, 0.6) is 0 Å². The summed E-state index contributed by atoms with van der Waals surface area (Å²) < 4.78 is 11.3. The van der Waals surface area contributed by atoms with E-state index < -0.39 is 49.5 Å². The summed E-state index contributed by atoms with van der Waals surface area (Å²) in [5.41, 5.74) is 0. The molecule has 0 aromatic carbocycles. The summed E-state index contributed by atoms with van der Waals surface area (Å²) >= 11 is 0. The van der Waals surface area contributed by atoms with Gasteiger partial charge < -0.3 is 40.3 Å². The number of hydrogen-bond donors (Lipinski definition) is 6. The van der Waals surface area contributed by atoms with E-state index in [4.69, 9.17) is 9.47 Å². The average molecular weight is 1170 g/mol. The van der Waals surface area contributed by atoms with Crippen LogP contribution in [-0.2, 0) is 14.3 Å². The Morgan fingerprint density at radius 3 is 1.14 bits per heavy atom. The van der Waals surface area contributed by atoms with Gasteiger partial charge in [-0.3, -0.25) is 4.79 Å². The normalized spacial score (nSPS) is 19.2. The van der Waals surface area contributed by atoms with Crippen molar-refractivity contribution in [3.63, 3.8) is 0 Å². The number of unbranched alkanes of at least 4 members (excludes halogenated alkanes) is 22. The Morgan fingerprint density at radius 2 is 0.750 bits per heavy atom. The topological polar surface area (TPSA) is 149 Å². The van der Waals surface area contributed by atoms with Crippen molar-refractivity contribution in [2.24, 2.45) is 0 Å². The first-order valence-corrected chi connectivity index (χ1v) is 33.7. The lowest BCUT2D eigenvalue weighted by molar-refractivity contribution is -0.302. The molecule has 1 aliphatic rings. The molecule has 84 heavy (non-hydrogen) atoms. The SMILES string of the molecule is CC/C=C\C/C=C\C/C=C\C/C=C\C/C=C\C/C=C\C/C=C\C/C=C\C/C=C\C/C=C\CCCCCCCCCCCCC(=O)NC(COC1OC(CO)C(O)C(O)C1O)C(O)/C=C/CC/C=C/CC/C=C/CCCCCCCCCCCC. The van der Waals surface area contributed by atoms with Crippen LogP contribution in [0.2, 0.25) is 0 Å².